The van der Waals surface area contributed by atoms with Crippen molar-refractivity contribution in [3.8, 4) is 0 Å². The van der Waals surface area contributed by atoms with Crippen molar-refractivity contribution in [3.63, 3.8) is 0 Å². The van der Waals surface area contributed by atoms with Crippen LogP contribution >= 0.6 is 0 Å². The molecule has 0 aromatic heterocycles. The van der Waals surface area contributed by atoms with Crippen LogP contribution in [0, 0.1) is 0 Å². The fourth-order valence-electron chi connectivity index (χ4n) is 4.55. The predicted octanol–water partition coefficient (Wildman–Crippen LogP) is 6.09. The van der Waals surface area contributed by atoms with Gasteiger partial charge in [0.2, 0.25) is 0 Å². The van der Waals surface area contributed by atoms with Gasteiger partial charge in [-0.3, -0.25) is 9.69 Å². The first-order valence-corrected chi connectivity index (χ1v) is 12.9. The summed E-state index contributed by atoms with van der Waals surface area (Å²) in [5, 5.41) is 0. The summed E-state index contributed by atoms with van der Waals surface area (Å²) in [4.78, 5) is 39.2. The third-order valence-electron chi connectivity index (χ3n) is 6.48. The Morgan fingerprint density at radius 3 is 2.42 bits per heavy atom. The molecule has 7 nitrogen and oxygen atoms in total. The van der Waals surface area contributed by atoms with E-state index >= 15 is 0 Å². The van der Waals surface area contributed by atoms with Crippen molar-refractivity contribution in [2.75, 3.05) is 18.6 Å². The molecule has 1 heterocycles. The molecule has 2 aromatic carbocycles. The number of benzene rings is 2. The van der Waals surface area contributed by atoms with E-state index in [1.165, 1.54) is 24.0 Å². The van der Waals surface area contributed by atoms with Gasteiger partial charge in [-0.1, -0.05) is 75.1 Å². The van der Waals surface area contributed by atoms with E-state index in [0.29, 0.717) is 18.5 Å². The van der Waals surface area contributed by atoms with Crippen molar-refractivity contribution < 1.29 is 28.6 Å². The second kappa shape index (κ2) is 14.3. The molecule has 194 valence electrons. The Morgan fingerprint density at radius 1 is 0.944 bits per heavy atom. The van der Waals surface area contributed by atoms with Crippen molar-refractivity contribution in [2.24, 2.45) is 0 Å². The smallest absolute Gasteiger partial charge is 0.415 e. The first-order valence-electron chi connectivity index (χ1n) is 12.9. The van der Waals surface area contributed by atoms with Crippen molar-refractivity contribution in [1.29, 1.82) is 0 Å². The molecule has 2 aromatic rings. The second-order valence-electron chi connectivity index (χ2n) is 9.09. The van der Waals surface area contributed by atoms with Gasteiger partial charge in [-0.05, 0) is 43.4 Å². The highest BCUT2D eigenvalue weighted by atomic mass is 16.6. The largest absolute Gasteiger partial charge is 0.465 e. The lowest BCUT2D eigenvalue weighted by molar-refractivity contribution is -0.146. The normalized spacial score (nSPS) is 17.1. The van der Waals surface area contributed by atoms with Crippen LogP contribution in [0.5, 0.6) is 0 Å². The monoisotopic (exact) mass is 495 g/mol. The third-order valence-corrected chi connectivity index (χ3v) is 6.48. The number of esters is 2. The molecule has 7 heteroatoms. The number of anilines is 1. The van der Waals surface area contributed by atoms with E-state index in [0.717, 1.165) is 38.5 Å². The molecule has 0 saturated carbocycles. The number of rotatable bonds is 14. The zero-order chi connectivity index (χ0) is 25.8. The number of hydrogen-bond acceptors (Lipinski definition) is 6. The van der Waals surface area contributed by atoms with Crippen molar-refractivity contribution >= 4 is 23.7 Å². The summed E-state index contributed by atoms with van der Waals surface area (Å²) in [6.45, 7) is 2.15. The molecule has 1 fully saturated rings. The maximum Gasteiger partial charge on any atom is 0.415 e. The minimum Gasteiger partial charge on any atom is -0.465 e. The Labute approximate surface area is 213 Å². The molecule has 0 aliphatic carbocycles. The molecule has 0 bridgehead atoms. The second-order valence-corrected chi connectivity index (χ2v) is 9.09. The first-order chi connectivity index (χ1) is 17.5. The van der Waals surface area contributed by atoms with Crippen LogP contribution in [0.25, 0.3) is 0 Å². The molecule has 2 atom stereocenters. The minimum absolute atomic E-state index is 0.00751. The Kier molecular flexibility index (Phi) is 10.8. The van der Waals surface area contributed by atoms with Crippen LogP contribution in [0.15, 0.2) is 54.6 Å². The number of ether oxygens (including phenoxy) is 3. The lowest BCUT2D eigenvalue weighted by Crippen LogP contribution is -2.39. The number of carbonyl (C=O) groups is 3. The zero-order valence-electron chi connectivity index (χ0n) is 21.3. The minimum atomic E-state index is -0.622. The van der Waals surface area contributed by atoms with E-state index in [-0.39, 0.29) is 24.2 Å². The van der Waals surface area contributed by atoms with Crippen LogP contribution in [0.1, 0.15) is 74.2 Å². The highest BCUT2D eigenvalue weighted by molar-refractivity contribution is 6.01. The molecule has 1 amide bonds. The molecule has 1 saturated heterocycles. The molecule has 0 spiro atoms. The number of hydrogen-bond donors (Lipinski definition) is 0. The van der Waals surface area contributed by atoms with E-state index in [4.69, 9.17) is 14.2 Å². The molecule has 0 N–H and O–H groups in total. The number of cyclic esters (lactones) is 1. The highest BCUT2D eigenvalue weighted by Gasteiger charge is 2.44. The molecule has 36 heavy (non-hydrogen) atoms. The fourth-order valence-corrected chi connectivity index (χ4v) is 4.55. The summed E-state index contributed by atoms with van der Waals surface area (Å²) in [6.07, 6.45) is 6.66. The van der Waals surface area contributed by atoms with E-state index in [1.807, 2.05) is 18.2 Å². The number of aryl methyl sites for hydroxylation is 1. The summed E-state index contributed by atoms with van der Waals surface area (Å²) in [7, 11) is 1.31. The van der Waals surface area contributed by atoms with Gasteiger partial charge in [-0.2, -0.15) is 0 Å². The van der Waals surface area contributed by atoms with Gasteiger partial charge in [0.25, 0.3) is 0 Å². The van der Waals surface area contributed by atoms with E-state index in [2.05, 4.69) is 19.1 Å². The number of para-hydroxylation sites is 1. The van der Waals surface area contributed by atoms with Gasteiger partial charge < -0.3 is 14.2 Å². The Morgan fingerprint density at radius 2 is 1.67 bits per heavy atom. The molecular weight excluding hydrogens is 458 g/mol. The summed E-state index contributed by atoms with van der Waals surface area (Å²) in [6, 6.07) is 16.6. The lowest BCUT2D eigenvalue weighted by Gasteiger charge is -2.26. The van der Waals surface area contributed by atoms with Crippen LogP contribution < -0.4 is 4.90 Å². The van der Waals surface area contributed by atoms with Crippen molar-refractivity contribution in [3.05, 3.63) is 65.7 Å². The van der Waals surface area contributed by atoms with Crippen molar-refractivity contribution in [2.45, 2.75) is 76.9 Å². The SMILES string of the molecule is CCCCCCCC(=O)OC[C@H]1OC(=O)N(c2ccccc2C(=O)OC)[C@@H]1CCCc1ccccc1. The van der Waals surface area contributed by atoms with Gasteiger partial charge in [0.1, 0.15) is 6.61 Å². The van der Waals surface area contributed by atoms with E-state index < -0.39 is 18.2 Å². The lowest BCUT2D eigenvalue weighted by atomic mass is 9.99. The van der Waals surface area contributed by atoms with Gasteiger partial charge in [0.15, 0.2) is 6.10 Å². The standard InChI is InChI=1S/C29H37NO6/c1-3-4-5-6-10-20-27(31)35-21-26-25(19-13-16-22-14-8-7-9-15-22)30(29(33)36-26)24-18-12-11-17-23(24)28(32)34-2/h7-9,11-12,14-15,17-18,25-26H,3-6,10,13,16,19-21H2,1-2H3/t25-,26-/m1/s1. The molecule has 3 rings (SSSR count). The molecule has 0 unspecified atom stereocenters. The average molecular weight is 496 g/mol. The van der Waals surface area contributed by atoms with Gasteiger partial charge in [-0.25, -0.2) is 9.59 Å². The number of amides is 1. The van der Waals surface area contributed by atoms with Crippen LogP contribution in [-0.4, -0.2) is 43.9 Å². The van der Waals surface area contributed by atoms with E-state index in [1.54, 1.807) is 24.3 Å². The van der Waals surface area contributed by atoms with Gasteiger partial charge >= 0.3 is 18.0 Å². The van der Waals surface area contributed by atoms with Crippen LogP contribution in [0.2, 0.25) is 0 Å². The number of unbranched alkanes of at least 4 members (excludes halogenated alkanes) is 4. The van der Waals surface area contributed by atoms with Crippen LogP contribution in [0.3, 0.4) is 0 Å². The summed E-state index contributed by atoms with van der Waals surface area (Å²) < 4.78 is 16.1. The molecular formula is C29H37NO6. The molecule has 1 aliphatic heterocycles. The Bertz CT molecular complexity index is 992. The van der Waals surface area contributed by atoms with Crippen molar-refractivity contribution in [1.82, 2.24) is 0 Å². The summed E-state index contributed by atoms with van der Waals surface area (Å²) in [5.74, 6) is -0.807. The van der Waals surface area contributed by atoms with E-state index in [9.17, 15) is 14.4 Å². The Hall–Kier alpha value is -3.35. The quantitative estimate of drug-likeness (QED) is 0.179. The average Bonchev–Trinajstić information content (AvgIpc) is 3.22. The zero-order valence-corrected chi connectivity index (χ0v) is 21.3. The first kappa shape index (κ1) is 27.2. The highest BCUT2D eigenvalue weighted by Crippen LogP contribution is 2.33. The predicted molar refractivity (Wildman–Crippen MR) is 138 cm³/mol. The fraction of sp³-hybridized carbons (Fsp3) is 0.483. The van der Waals surface area contributed by atoms with Gasteiger partial charge in [0.05, 0.1) is 24.4 Å². The summed E-state index contributed by atoms with van der Waals surface area (Å²) in [5.41, 5.74) is 1.92. The Balaban J connectivity index is 1.70. The number of carbonyl (C=O) groups excluding carboxylic acids is 3. The van der Waals surface area contributed by atoms with Gasteiger partial charge in [0, 0.05) is 6.42 Å². The number of nitrogens with zero attached hydrogens (tertiary/aromatic N) is 1. The maximum atomic E-state index is 13.0. The van der Waals surface area contributed by atoms with Crippen LogP contribution in [-0.2, 0) is 25.4 Å². The van der Waals surface area contributed by atoms with Gasteiger partial charge in [-0.15, -0.1) is 0 Å². The van der Waals surface area contributed by atoms with Crippen LogP contribution in [0.4, 0.5) is 10.5 Å². The molecule has 1 aliphatic rings. The number of methoxy groups -OCH3 is 1. The maximum absolute atomic E-state index is 13.0. The topological polar surface area (TPSA) is 82.1 Å². The molecule has 0 radical (unpaired) electrons. The summed E-state index contributed by atoms with van der Waals surface area (Å²) >= 11 is 0. The third kappa shape index (κ3) is 7.57.